The number of methoxy groups -OCH3 is 1. The smallest absolute Gasteiger partial charge is 0.330 e. The molecule has 1 N–H and O–H groups in total. The molecule has 1 rings (SSSR count). The Morgan fingerprint density at radius 1 is 1.43 bits per heavy atom. The van der Waals surface area contributed by atoms with Crippen molar-refractivity contribution in [3.05, 3.63) is 40.5 Å². The first-order valence-corrected chi connectivity index (χ1v) is 5.89. The Labute approximate surface area is 120 Å². The van der Waals surface area contributed by atoms with E-state index in [4.69, 9.17) is 4.74 Å². The lowest BCUT2D eigenvalue weighted by molar-refractivity contribution is -0.384. The summed E-state index contributed by atoms with van der Waals surface area (Å²) in [6.07, 6.45) is 2.62. The largest absolute Gasteiger partial charge is 0.496 e. The Morgan fingerprint density at radius 3 is 2.71 bits per heavy atom. The lowest BCUT2D eigenvalue weighted by Gasteiger charge is -2.07. The summed E-state index contributed by atoms with van der Waals surface area (Å²) in [4.78, 5) is 32.9. The molecule has 0 bridgehead atoms. The Kier molecular flexibility index (Phi) is 5.87. The fourth-order valence-corrected chi connectivity index (χ4v) is 1.40. The van der Waals surface area contributed by atoms with Gasteiger partial charge >= 0.3 is 5.97 Å². The van der Waals surface area contributed by atoms with E-state index in [2.05, 4.69) is 10.1 Å². The van der Waals surface area contributed by atoms with Crippen molar-refractivity contribution in [2.45, 2.75) is 6.92 Å². The van der Waals surface area contributed by atoms with Crippen molar-refractivity contribution < 1.29 is 24.0 Å². The maximum absolute atomic E-state index is 11.6. The van der Waals surface area contributed by atoms with Crippen LogP contribution in [0.15, 0.2) is 30.4 Å². The molecule has 0 aliphatic heterocycles. The van der Waals surface area contributed by atoms with E-state index in [1.165, 1.54) is 31.4 Å². The van der Waals surface area contributed by atoms with Gasteiger partial charge in [-0.3, -0.25) is 14.9 Å². The van der Waals surface area contributed by atoms with Gasteiger partial charge in [-0.15, -0.1) is 0 Å². The SMILES string of the molecule is CC=CC(=O)OCC(=O)Nc1ccc(OC)cc1[N+](=O)[O-]. The number of nitro groups is 1. The molecule has 0 heterocycles. The molecule has 0 aliphatic rings. The summed E-state index contributed by atoms with van der Waals surface area (Å²) in [7, 11) is 1.37. The van der Waals surface area contributed by atoms with Gasteiger partial charge in [0, 0.05) is 6.08 Å². The fraction of sp³-hybridized carbons (Fsp3) is 0.231. The lowest BCUT2D eigenvalue weighted by atomic mass is 10.2. The van der Waals surface area contributed by atoms with E-state index in [-0.39, 0.29) is 11.4 Å². The van der Waals surface area contributed by atoms with Gasteiger partial charge in [-0.05, 0) is 19.1 Å². The molecule has 112 valence electrons. The van der Waals surface area contributed by atoms with Gasteiger partial charge < -0.3 is 14.8 Å². The standard InChI is InChI=1S/C13H14N2O6/c1-3-4-13(17)21-8-12(16)14-10-6-5-9(20-2)7-11(10)15(18)19/h3-7H,8H2,1-2H3,(H,14,16). The molecule has 8 nitrogen and oxygen atoms in total. The zero-order valence-electron chi connectivity index (χ0n) is 11.5. The van der Waals surface area contributed by atoms with E-state index >= 15 is 0 Å². The van der Waals surface area contributed by atoms with Crippen molar-refractivity contribution in [2.24, 2.45) is 0 Å². The summed E-state index contributed by atoms with van der Waals surface area (Å²) < 4.78 is 9.51. The molecule has 1 aromatic carbocycles. The molecule has 0 atom stereocenters. The summed E-state index contributed by atoms with van der Waals surface area (Å²) in [6.45, 7) is 1.09. The van der Waals surface area contributed by atoms with Gasteiger partial charge in [-0.2, -0.15) is 0 Å². The van der Waals surface area contributed by atoms with Gasteiger partial charge in [0.2, 0.25) is 0 Å². The van der Waals surface area contributed by atoms with E-state index in [1.54, 1.807) is 6.92 Å². The number of rotatable bonds is 6. The number of esters is 1. The minimum absolute atomic E-state index is 0.00659. The number of benzene rings is 1. The quantitative estimate of drug-likeness (QED) is 0.370. The Hall–Kier alpha value is -2.90. The van der Waals surface area contributed by atoms with Gasteiger partial charge in [0.25, 0.3) is 11.6 Å². The molecule has 1 amide bonds. The molecular formula is C13H14N2O6. The number of carbonyl (C=O) groups is 2. The number of hydrogen-bond donors (Lipinski definition) is 1. The summed E-state index contributed by atoms with van der Waals surface area (Å²) >= 11 is 0. The molecule has 1 aromatic rings. The van der Waals surface area contributed by atoms with E-state index in [9.17, 15) is 19.7 Å². The second-order valence-corrected chi connectivity index (χ2v) is 3.80. The predicted molar refractivity (Wildman–Crippen MR) is 74.1 cm³/mol. The number of nitro benzene ring substituents is 1. The number of nitrogens with one attached hydrogen (secondary N) is 1. The van der Waals surface area contributed by atoms with Crippen molar-refractivity contribution in [3.63, 3.8) is 0 Å². The summed E-state index contributed by atoms with van der Waals surface area (Å²) in [5.41, 5.74) is -0.324. The first kappa shape index (κ1) is 16.2. The molecule has 8 heteroatoms. The third-order valence-electron chi connectivity index (χ3n) is 2.32. The van der Waals surface area contributed by atoms with Crippen LogP contribution in [0.25, 0.3) is 0 Å². The van der Waals surface area contributed by atoms with Crippen molar-refractivity contribution >= 4 is 23.3 Å². The van der Waals surface area contributed by atoms with Crippen LogP contribution in [0.4, 0.5) is 11.4 Å². The van der Waals surface area contributed by atoms with Crippen LogP contribution in [0, 0.1) is 10.1 Å². The van der Waals surface area contributed by atoms with E-state index < -0.39 is 23.4 Å². The fourth-order valence-electron chi connectivity index (χ4n) is 1.40. The molecule has 0 aliphatic carbocycles. The molecular weight excluding hydrogens is 280 g/mol. The molecule has 0 aromatic heterocycles. The predicted octanol–water partition coefficient (Wildman–Crippen LogP) is 1.66. The topological polar surface area (TPSA) is 108 Å². The average Bonchev–Trinajstić information content (AvgIpc) is 2.45. The maximum Gasteiger partial charge on any atom is 0.330 e. The van der Waals surface area contributed by atoms with E-state index in [0.717, 1.165) is 6.08 Å². The van der Waals surface area contributed by atoms with Gasteiger partial charge in [-0.1, -0.05) is 6.08 Å². The zero-order chi connectivity index (χ0) is 15.8. The lowest BCUT2D eigenvalue weighted by Crippen LogP contribution is -2.20. The molecule has 0 unspecified atom stereocenters. The number of carbonyl (C=O) groups excluding carboxylic acids is 2. The van der Waals surface area contributed by atoms with Crippen LogP contribution < -0.4 is 10.1 Å². The summed E-state index contributed by atoms with van der Waals surface area (Å²) in [5, 5.41) is 13.2. The second-order valence-electron chi connectivity index (χ2n) is 3.80. The summed E-state index contributed by atoms with van der Waals surface area (Å²) in [5.74, 6) is -1.06. The third kappa shape index (κ3) is 4.94. The molecule has 21 heavy (non-hydrogen) atoms. The van der Waals surface area contributed by atoms with Crippen LogP contribution in [0.3, 0.4) is 0 Å². The Bertz CT molecular complexity index is 582. The third-order valence-corrected chi connectivity index (χ3v) is 2.32. The van der Waals surface area contributed by atoms with E-state index in [1.807, 2.05) is 0 Å². The van der Waals surface area contributed by atoms with Gasteiger partial charge in [-0.25, -0.2) is 4.79 Å². The number of allylic oxidation sites excluding steroid dienone is 1. The van der Waals surface area contributed by atoms with Crippen molar-refractivity contribution in [2.75, 3.05) is 19.0 Å². The van der Waals surface area contributed by atoms with Crippen LogP contribution in [-0.4, -0.2) is 30.5 Å². The van der Waals surface area contributed by atoms with Crippen molar-refractivity contribution in [3.8, 4) is 5.75 Å². The minimum atomic E-state index is -0.680. The highest BCUT2D eigenvalue weighted by Gasteiger charge is 2.17. The number of anilines is 1. The first-order valence-electron chi connectivity index (χ1n) is 5.89. The van der Waals surface area contributed by atoms with Gasteiger partial charge in [0.05, 0.1) is 18.1 Å². The zero-order valence-corrected chi connectivity index (χ0v) is 11.5. The first-order chi connectivity index (χ1) is 9.97. The van der Waals surface area contributed by atoms with Crippen LogP contribution in [0.5, 0.6) is 5.75 Å². The Morgan fingerprint density at radius 2 is 2.14 bits per heavy atom. The highest BCUT2D eigenvalue weighted by Crippen LogP contribution is 2.28. The highest BCUT2D eigenvalue weighted by molar-refractivity contribution is 5.95. The average molecular weight is 294 g/mol. The van der Waals surface area contributed by atoms with Crippen molar-refractivity contribution in [1.29, 1.82) is 0 Å². The molecule has 0 saturated carbocycles. The van der Waals surface area contributed by atoms with Gasteiger partial charge in [0.1, 0.15) is 11.4 Å². The van der Waals surface area contributed by atoms with Crippen LogP contribution in [0.1, 0.15) is 6.92 Å². The van der Waals surface area contributed by atoms with Crippen molar-refractivity contribution in [1.82, 2.24) is 0 Å². The second kappa shape index (κ2) is 7.63. The number of hydrogen-bond acceptors (Lipinski definition) is 6. The normalized spacial score (nSPS) is 10.2. The Balaban J connectivity index is 2.76. The monoisotopic (exact) mass is 294 g/mol. The number of amides is 1. The molecule has 0 fully saturated rings. The number of ether oxygens (including phenoxy) is 2. The van der Waals surface area contributed by atoms with Crippen LogP contribution >= 0.6 is 0 Å². The van der Waals surface area contributed by atoms with E-state index in [0.29, 0.717) is 5.75 Å². The van der Waals surface area contributed by atoms with Crippen LogP contribution in [-0.2, 0) is 14.3 Å². The number of nitrogens with zero attached hydrogens (tertiary/aromatic N) is 1. The summed E-state index contributed by atoms with van der Waals surface area (Å²) in [6, 6.07) is 3.98. The molecule has 0 saturated heterocycles. The maximum atomic E-state index is 11.6. The molecule has 0 radical (unpaired) electrons. The highest BCUT2D eigenvalue weighted by atomic mass is 16.6. The van der Waals surface area contributed by atoms with Gasteiger partial charge in [0.15, 0.2) is 6.61 Å². The minimum Gasteiger partial charge on any atom is -0.496 e. The van der Waals surface area contributed by atoms with Crippen LogP contribution in [0.2, 0.25) is 0 Å². The molecule has 0 spiro atoms.